The van der Waals surface area contributed by atoms with Gasteiger partial charge in [0.05, 0.1) is 0 Å². The van der Waals surface area contributed by atoms with Crippen molar-refractivity contribution in [3.8, 4) is 0 Å². The minimum atomic E-state index is 0. The van der Waals surface area contributed by atoms with E-state index in [9.17, 15) is 4.79 Å². The smallest absolute Gasteiger partial charge is 0.223 e. The average molecular weight is 245 g/mol. The molecule has 0 aromatic heterocycles. The molecule has 1 heterocycles. The molecule has 3 atom stereocenters. The quantitative estimate of drug-likeness (QED) is 0.780. The second kappa shape index (κ2) is 4.92. The molecule has 0 aromatic rings. The van der Waals surface area contributed by atoms with Gasteiger partial charge in [-0.15, -0.1) is 12.4 Å². The molecule has 3 fully saturated rings. The van der Waals surface area contributed by atoms with E-state index in [0.717, 1.165) is 31.5 Å². The summed E-state index contributed by atoms with van der Waals surface area (Å²) < 4.78 is 0. The van der Waals surface area contributed by atoms with Crippen molar-refractivity contribution < 1.29 is 4.79 Å². The number of carbonyl (C=O) groups is 1. The topological polar surface area (TPSA) is 41.1 Å². The maximum Gasteiger partial charge on any atom is 0.223 e. The third kappa shape index (κ3) is 2.69. The van der Waals surface area contributed by atoms with Crippen molar-refractivity contribution in [2.75, 3.05) is 19.6 Å². The zero-order chi connectivity index (χ0) is 10.3. The van der Waals surface area contributed by atoms with Crippen molar-refractivity contribution in [3.05, 3.63) is 0 Å². The molecule has 92 valence electrons. The molecule has 0 bridgehead atoms. The van der Waals surface area contributed by atoms with Crippen molar-refractivity contribution >= 4 is 18.3 Å². The van der Waals surface area contributed by atoms with E-state index in [-0.39, 0.29) is 12.4 Å². The van der Waals surface area contributed by atoms with Crippen LogP contribution in [0.1, 0.15) is 25.7 Å². The Bertz CT molecular complexity index is 262. The van der Waals surface area contributed by atoms with Crippen LogP contribution >= 0.6 is 12.4 Å². The van der Waals surface area contributed by atoms with E-state index in [2.05, 4.69) is 10.6 Å². The molecular weight excluding hydrogens is 224 g/mol. The monoisotopic (exact) mass is 244 g/mol. The Hall–Kier alpha value is -0.280. The van der Waals surface area contributed by atoms with Gasteiger partial charge in [-0.2, -0.15) is 0 Å². The van der Waals surface area contributed by atoms with E-state index in [1.807, 2.05) is 0 Å². The summed E-state index contributed by atoms with van der Waals surface area (Å²) >= 11 is 0. The Balaban J connectivity index is 0.000000963. The maximum atomic E-state index is 11.8. The van der Waals surface area contributed by atoms with Crippen molar-refractivity contribution in [3.63, 3.8) is 0 Å². The third-order valence-electron chi connectivity index (χ3n) is 4.13. The van der Waals surface area contributed by atoms with Crippen LogP contribution in [0.25, 0.3) is 0 Å². The largest absolute Gasteiger partial charge is 0.356 e. The summed E-state index contributed by atoms with van der Waals surface area (Å²) in [5.74, 6) is 3.05. The number of halogens is 1. The summed E-state index contributed by atoms with van der Waals surface area (Å²) in [5, 5.41) is 6.45. The van der Waals surface area contributed by atoms with Gasteiger partial charge in [-0.05, 0) is 56.5 Å². The predicted molar refractivity (Wildman–Crippen MR) is 65.6 cm³/mol. The normalized spacial score (nSPS) is 36.6. The molecule has 0 spiro atoms. The van der Waals surface area contributed by atoms with Gasteiger partial charge in [0.25, 0.3) is 0 Å². The third-order valence-corrected chi connectivity index (χ3v) is 4.13. The van der Waals surface area contributed by atoms with Gasteiger partial charge in [0.1, 0.15) is 0 Å². The molecule has 2 aliphatic carbocycles. The minimum absolute atomic E-state index is 0. The zero-order valence-electron chi connectivity index (χ0n) is 9.58. The molecule has 3 unspecified atom stereocenters. The van der Waals surface area contributed by atoms with Crippen LogP contribution in [0.5, 0.6) is 0 Å². The second-order valence-corrected chi connectivity index (χ2v) is 5.45. The SMILES string of the molecule is Cl.O=C(NCC1CCNC1)C1CC1C1CC1. The van der Waals surface area contributed by atoms with Crippen LogP contribution in [0.4, 0.5) is 0 Å². The summed E-state index contributed by atoms with van der Waals surface area (Å²) in [7, 11) is 0. The highest BCUT2D eigenvalue weighted by Crippen LogP contribution is 2.54. The average Bonchev–Trinajstić information content (AvgIpc) is 3.11. The second-order valence-electron chi connectivity index (χ2n) is 5.45. The molecular formula is C12H21ClN2O. The number of nitrogens with one attached hydrogen (secondary N) is 2. The van der Waals surface area contributed by atoms with Gasteiger partial charge >= 0.3 is 0 Å². The molecule has 0 radical (unpaired) electrons. The van der Waals surface area contributed by atoms with E-state index < -0.39 is 0 Å². The molecule has 16 heavy (non-hydrogen) atoms. The first-order chi connectivity index (χ1) is 7.34. The number of hydrogen-bond donors (Lipinski definition) is 2. The molecule has 3 aliphatic rings. The van der Waals surface area contributed by atoms with Gasteiger partial charge in [-0.3, -0.25) is 4.79 Å². The molecule has 0 aromatic carbocycles. The fourth-order valence-electron chi connectivity index (χ4n) is 2.83. The molecule has 3 nitrogen and oxygen atoms in total. The van der Waals surface area contributed by atoms with Crippen LogP contribution in [0.2, 0.25) is 0 Å². The Morgan fingerprint density at radius 1 is 1.31 bits per heavy atom. The van der Waals surface area contributed by atoms with Crippen LogP contribution in [-0.2, 0) is 4.79 Å². The first-order valence-corrected chi connectivity index (χ1v) is 6.33. The highest BCUT2D eigenvalue weighted by Gasteiger charge is 2.50. The summed E-state index contributed by atoms with van der Waals surface area (Å²) in [5.41, 5.74) is 0. The molecule has 1 aliphatic heterocycles. The van der Waals surface area contributed by atoms with E-state index in [1.165, 1.54) is 25.7 Å². The van der Waals surface area contributed by atoms with Gasteiger partial charge in [0.2, 0.25) is 5.91 Å². The highest BCUT2D eigenvalue weighted by molar-refractivity contribution is 5.85. The van der Waals surface area contributed by atoms with Crippen LogP contribution in [0.3, 0.4) is 0 Å². The summed E-state index contributed by atoms with van der Waals surface area (Å²) in [6.45, 7) is 3.09. The van der Waals surface area contributed by atoms with Crippen molar-refractivity contribution in [1.82, 2.24) is 10.6 Å². The molecule has 4 heteroatoms. The lowest BCUT2D eigenvalue weighted by atomic mass is 10.1. The Morgan fingerprint density at radius 2 is 2.12 bits per heavy atom. The number of amides is 1. The number of hydrogen-bond acceptors (Lipinski definition) is 2. The van der Waals surface area contributed by atoms with Gasteiger partial charge in [0, 0.05) is 12.5 Å². The highest BCUT2D eigenvalue weighted by atomic mass is 35.5. The van der Waals surface area contributed by atoms with E-state index >= 15 is 0 Å². The summed E-state index contributed by atoms with van der Waals surface area (Å²) in [6, 6.07) is 0. The van der Waals surface area contributed by atoms with E-state index in [1.54, 1.807) is 0 Å². The lowest BCUT2D eigenvalue weighted by molar-refractivity contribution is -0.122. The van der Waals surface area contributed by atoms with Crippen LogP contribution in [-0.4, -0.2) is 25.5 Å². The lowest BCUT2D eigenvalue weighted by Crippen LogP contribution is -2.31. The van der Waals surface area contributed by atoms with Gasteiger partial charge in [-0.1, -0.05) is 0 Å². The van der Waals surface area contributed by atoms with E-state index in [4.69, 9.17) is 0 Å². The molecule has 2 saturated carbocycles. The minimum Gasteiger partial charge on any atom is -0.356 e. The first-order valence-electron chi connectivity index (χ1n) is 6.33. The summed E-state index contributed by atoms with van der Waals surface area (Å²) in [6.07, 6.45) is 5.14. The Labute approximate surface area is 103 Å². The van der Waals surface area contributed by atoms with Crippen molar-refractivity contribution in [2.24, 2.45) is 23.7 Å². The Morgan fingerprint density at radius 3 is 2.75 bits per heavy atom. The van der Waals surface area contributed by atoms with Crippen LogP contribution in [0, 0.1) is 23.7 Å². The zero-order valence-corrected chi connectivity index (χ0v) is 10.4. The summed E-state index contributed by atoms with van der Waals surface area (Å²) in [4.78, 5) is 11.8. The molecule has 1 saturated heterocycles. The lowest BCUT2D eigenvalue weighted by Gasteiger charge is -2.09. The van der Waals surface area contributed by atoms with Gasteiger partial charge < -0.3 is 10.6 Å². The molecule has 3 rings (SSSR count). The van der Waals surface area contributed by atoms with Gasteiger partial charge in [-0.25, -0.2) is 0 Å². The van der Waals surface area contributed by atoms with Crippen LogP contribution in [0.15, 0.2) is 0 Å². The van der Waals surface area contributed by atoms with Crippen molar-refractivity contribution in [2.45, 2.75) is 25.7 Å². The predicted octanol–water partition coefficient (Wildman–Crippen LogP) is 1.18. The molecule has 2 N–H and O–H groups in total. The standard InChI is InChI=1S/C12H20N2O.ClH/c15-12(11-5-10(11)9-1-2-9)14-7-8-3-4-13-6-8;/h8-11,13H,1-7H2,(H,14,15);1H. The van der Waals surface area contributed by atoms with Crippen LogP contribution < -0.4 is 10.6 Å². The number of rotatable bonds is 4. The first kappa shape index (κ1) is 12.2. The Kier molecular flexibility index (Phi) is 3.75. The number of carbonyl (C=O) groups excluding carboxylic acids is 1. The fourth-order valence-corrected chi connectivity index (χ4v) is 2.83. The van der Waals surface area contributed by atoms with Crippen molar-refractivity contribution in [1.29, 1.82) is 0 Å². The maximum absolute atomic E-state index is 11.8. The fraction of sp³-hybridized carbons (Fsp3) is 0.917. The van der Waals surface area contributed by atoms with Gasteiger partial charge in [0.15, 0.2) is 0 Å². The molecule has 1 amide bonds. The van der Waals surface area contributed by atoms with E-state index in [0.29, 0.717) is 17.7 Å².